The number of benzene rings is 2. The molecule has 1 fully saturated rings. The van der Waals surface area contributed by atoms with Crippen LogP contribution in [-0.2, 0) is 0 Å². The Morgan fingerprint density at radius 2 is 1.79 bits per heavy atom. The summed E-state index contributed by atoms with van der Waals surface area (Å²) in [7, 11) is 0. The van der Waals surface area contributed by atoms with Gasteiger partial charge in [-0.2, -0.15) is 0 Å². The van der Waals surface area contributed by atoms with Crippen molar-refractivity contribution in [2.24, 2.45) is 0 Å². The number of halogens is 2. The molecule has 0 spiro atoms. The van der Waals surface area contributed by atoms with Crippen molar-refractivity contribution in [2.45, 2.75) is 18.9 Å². The van der Waals surface area contributed by atoms with Crippen molar-refractivity contribution in [3.63, 3.8) is 0 Å². The van der Waals surface area contributed by atoms with E-state index in [4.69, 9.17) is 27.6 Å². The number of hydrogen-bond donors (Lipinski definition) is 2. The molecular weight excluding hydrogens is 399 g/mol. The zero-order valence-electron chi connectivity index (χ0n) is 14.7. The normalized spacial score (nSPS) is 13.2. The van der Waals surface area contributed by atoms with Gasteiger partial charge in [0.25, 0.3) is 11.8 Å². The van der Waals surface area contributed by atoms with E-state index in [9.17, 15) is 9.59 Å². The van der Waals surface area contributed by atoms with Crippen LogP contribution in [0.3, 0.4) is 0 Å². The largest absolute Gasteiger partial charge is 0.451 e. The van der Waals surface area contributed by atoms with Crippen molar-refractivity contribution in [1.29, 1.82) is 0 Å². The monoisotopic (exact) mass is 414 g/mol. The van der Waals surface area contributed by atoms with Gasteiger partial charge in [0.05, 0.1) is 5.02 Å². The minimum atomic E-state index is -0.427. The van der Waals surface area contributed by atoms with E-state index < -0.39 is 5.91 Å². The van der Waals surface area contributed by atoms with Crippen LogP contribution in [0.15, 0.2) is 59.0 Å². The fourth-order valence-corrected chi connectivity index (χ4v) is 3.10. The van der Waals surface area contributed by atoms with Crippen LogP contribution in [0.1, 0.15) is 33.8 Å². The predicted octanol–water partition coefficient (Wildman–Crippen LogP) is 5.40. The highest BCUT2D eigenvalue weighted by Crippen LogP contribution is 2.32. The summed E-state index contributed by atoms with van der Waals surface area (Å²) >= 11 is 12.2. The van der Waals surface area contributed by atoms with E-state index in [2.05, 4.69) is 10.6 Å². The number of anilines is 1. The second kappa shape index (κ2) is 7.70. The van der Waals surface area contributed by atoms with E-state index >= 15 is 0 Å². The van der Waals surface area contributed by atoms with Crippen LogP contribution >= 0.6 is 23.2 Å². The van der Waals surface area contributed by atoms with Crippen molar-refractivity contribution in [1.82, 2.24) is 5.32 Å². The molecule has 1 heterocycles. The maximum Gasteiger partial charge on any atom is 0.291 e. The molecule has 0 aliphatic heterocycles. The first kappa shape index (κ1) is 18.6. The van der Waals surface area contributed by atoms with Crippen molar-refractivity contribution in [3.8, 4) is 11.3 Å². The average molecular weight is 415 g/mol. The van der Waals surface area contributed by atoms with Gasteiger partial charge in [-0.25, -0.2) is 0 Å². The molecule has 0 unspecified atom stereocenters. The minimum Gasteiger partial charge on any atom is -0.451 e. The van der Waals surface area contributed by atoms with Gasteiger partial charge in [-0.15, -0.1) is 0 Å². The first-order chi connectivity index (χ1) is 13.5. The fraction of sp³-hybridized carbons (Fsp3) is 0.143. The molecule has 1 aliphatic carbocycles. The topological polar surface area (TPSA) is 71.3 Å². The van der Waals surface area contributed by atoms with Gasteiger partial charge in [-0.1, -0.05) is 29.3 Å². The Kier molecular flexibility index (Phi) is 5.11. The SMILES string of the molecule is O=C(NC1CC1)c1cccc(NC(=O)c2ccc(-c3cc(Cl)ccc3Cl)o2)c1. The van der Waals surface area contributed by atoms with E-state index in [1.165, 1.54) is 0 Å². The molecule has 7 heteroatoms. The molecule has 4 rings (SSSR count). The van der Waals surface area contributed by atoms with E-state index in [0.29, 0.717) is 32.6 Å². The average Bonchev–Trinajstić information content (AvgIpc) is 3.35. The lowest BCUT2D eigenvalue weighted by molar-refractivity contribution is 0.0949. The van der Waals surface area contributed by atoms with E-state index in [-0.39, 0.29) is 17.7 Å². The molecule has 2 aromatic carbocycles. The molecule has 2 amide bonds. The lowest BCUT2D eigenvalue weighted by Crippen LogP contribution is -2.25. The van der Waals surface area contributed by atoms with Gasteiger partial charge in [0.15, 0.2) is 5.76 Å². The third-order valence-electron chi connectivity index (χ3n) is 4.32. The van der Waals surface area contributed by atoms with Crippen LogP contribution < -0.4 is 10.6 Å². The molecule has 1 aromatic heterocycles. The summed E-state index contributed by atoms with van der Waals surface area (Å²) in [5, 5.41) is 6.65. The van der Waals surface area contributed by atoms with Crippen LogP contribution in [0.25, 0.3) is 11.3 Å². The second-order valence-electron chi connectivity index (χ2n) is 6.57. The van der Waals surface area contributed by atoms with Crippen molar-refractivity contribution in [3.05, 3.63) is 76.0 Å². The zero-order valence-corrected chi connectivity index (χ0v) is 16.2. The molecule has 0 atom stereocenters. The number of carbonyl (C=O) groups is 2. The standard InChI is InChI=1S/C21H16Cl2N2O3/c22-13-4-7-17(23)16(11-13)18-8-9-19(28-18)21(27)25-15-3-1-2-12(10-15)20(26)24-14-5-6-14/h1-4,7-11,14H,5-6H2,(H,24,26)(H,25,27). The van der Waals surface area contributed by atoms with Gasteiger partial charge >= 0.3 is 0 Å². The Hall–Kier alpha value is -2.76. The minimum absolute atomic E-state index is 0.124. The highest BCUT2D eigenvalue weighted by molar-refractivity contribution is 6.35. The Balaban J connectivity index is 1.49. The van der Waals surface area contributed by atoms with Gasteiger partial charge < -0.3 is 15.1 Å². The molecule has 142 valence electrons. The van der Waals surface area contributed by atoms with Crippen molar-refractivity contribution < 1.29 is 14.0 Å². The molecule has 0 saturated heterocycles. The molecule has 3 aromatic rings. The first-order valence-electron chi connectivity index (χ1n) is 8.77. The number of nitrogens with one attached hydrogen (secondary N) is 2. The third kappa shape index (κ3) is 4.21. The van der Waals surface area contributed by atoms with Crippen molar-refractivity contribution in [2.75, 3.05) is 5.32 Å². The number of amides is 2. The van der Waals surface area contributed by atoms with Crippen LogP contribution in [0.5, 0.6) is 0 Å². The number of hydrogen-bond acceptors (Lipinski definition) is 3. The molecule has 1 saturated carbocycles. The van der Waals surface area contributed by atoms with Crippen LogP contribution in [0.2, 0.25) is 10.0 Å². The Bertz CT molecular complexity index is 1060. The van der Waals surface area contributed by atoms with Gasteiger partial charge in [0, 0.05) is 27.9 Å². The van der Waals surface area contributed by atoms with E-state index in [1.54, 1.807) is 54.6 Å². The molecule has 0 radical (unpaired) electrons. The Morgan fingerprint density at radius 3 is 2.57 bits per heavy atom. The van der Waals surface area contributed by atoms with Gasteiger partial charge in [-0.05, 0) is 61.4 Å². The van der Waals surface area contributed by atoms with Gasteiger partial charge in [0.1, 0.15) is 5.76 Å². The van der Waals surface area contributed by atoms with Crippen LogP contribution in [-0.4, -0.2) is 17.9 Å². The maximum atomic E-state index is 12.5. The quantitative estimate of drug-likeness (QED) is 0.586. The molecule has 0 bridgehead atoms. The maximum absolute atomic E-state index is 12.5. The Morgan fingerprint density at radius 1 is 0.964 bits per heavy atom. The lowest BCUT2D eigenvalue weighted by Gasteiger charge is -2.07. The summed E-state index contributed by atoms with van der Waals surface area (Å²) in [4.78, 5) is 24.7. The summed E-state index contributed by atoms with van der Waals surface area (Å²) < 4.78 is 5.64. The van der Waals surface area contributed by atoms with E-state index in [1.807, 2.05) is 0 Å². The van der Waals surface area contributed by atoms with Crippen molar-refractivity contribution >= 4 is 40.7 Å². The summed E-state index contributed by atoms with van der Waals surface area (Å²) in [6.45, 7) is 0. The summed E-state index contributed by atoms with van der Waals surface area (Å²) in [5.41, 5.74) is 1.61. The molecule has 28 heavy (non-hydrogen) atoms. The molecule has 2 N–H and O–H groups in total. The summed E-state index contributed by atoms with van der Waals surface area (Å²) in [6.07, 6.45) is 2.03. The fourth-order valence-electron chi connectivity index (χ4n) is 2.72. The smallest absolute Gasteiger partial charge is 0.291 e. The number of rotatable bonds is 5. The number of furan rings is 1. The molecular formula is C21H16Cl2N2O3. The summed E-state index contributed by atoms with van der Waals surface area (Å²) in [6, 6.07) is 15.3. The predicted molar refractivity (Wildman–Crippen MR) is 109 cm³/mol. The van der Waals surface area contributed by atoms with Crippen LogP contribution in [0.4, 0.5) is 5.69 Å². The second-order valence-corrected chi connectivity index (χ2v) is 7.41. The van der Waals surface area contributed by atoms with E-state index in [0.717, 1.165) is 12.8 Å². The summed E-state index contributed by atoms with van der Waals surface area (Å²) in [5.74, 6) is -0.00674. The molecule has 1 aliphatic rings. The van der Waals surface area contributed by atoms with Gasteiger partial charge in [0.2, 0.25) is 0 Å². The zero-order chi connectivity index (χ0) is 19.7. The lowest BCUT2D eigenvalue weighted by atomic mass is 10.2. The van der Waals surface area contributed by atoms with Crippen LogP contribution in [0, 0.1) is 0 Å². The third-order valence-corrected chi connectivity index (χ3v) is 4.88. The highest BCUT2D eigenvalue weighted by atomic mass is 35.5. The first-order valence-corrected chi connectivity index (χ1v) is 9.53. The van der Waals surface area contributed by atoms with Gasteiger partial charge in [-0.3, -0.25) is 9.59 Å². The number of carbonyl (C=O) groups excluding carboxylic acids is 2. The highest BCUT2D eigenvalue weighted by Gasteiger charge is 2.24. The molecule has 5 nitrogen and oxygen atoms in total. The Labute approximate surface area is 171 Å².